The van der Waals surface area contributed by atoms with E-state index < -0.39 is 0 Å². The first kappa shape index (κ1) is 13.3. The number of nitrogens with one attached hydrogen (secondary N) is 1. The molecule has 0 saturated carbocycles. The van der Waals surface area contributed by atoms with Crippen LogP contribution in [-0.4, -0.2) is 18.2 Å². The quantitative estimate of drug-likeness (QED) is 0.663. The van der Waals surface area contributed by atoms with E-state index in [0.717, 1.165) is 18.2 Å². The zero-order valence-corrected chi connectivity index (χ0v) is 11.9. The Hall–Kier alpha value is -1.09. The molecular weight excluding hydrogens is 240 g/mol. The summed E-state index contributed by atoms with van der Waals surface area (Å²) in [4.78, 5) is 2.27. The van der Waals surface area contributed by atoms with Crippen molar-refractivity contribution in [2.45, 2.75) is 39.0 Å². The van der Waals surface area contributed by atoms with Gasteiger partial charge in [-0.25, -0.2) is 0 Å². The van der Waals surface area contributed by atoms with E-state index in [0.29, 0.717) is 0 Å². The lowest BCUT2D eigenvalue weighted by Crippen LogP contribution is -2.40. The molecule has 1 heterocycles. The molecule has 18 heavy (non-hydrogen) atoms. The molecule has 0 fully saturated rings. The molecule has 0 aliphatic carbocycles. The highest BCUT2D eigenvalue weighted by molar-refractivity contribution is 7.80. The molecule has 1 aliphatic heterocycles. The van der Waals surface area contributed by atoms with Crippen LogP contribution in [0.1, 0.15) is 38.2 Å². The number of fused-ring (bicyclic) bond motifs is 1. The van der Waals surface area contributed by atoms with Crippen LogP contribution in [0.4, 0.5) is 5.69 Å². The van der Waals surface area contributed by atoms with E-state index in [1.165, 1.54) is 43.4 Å². The average Bonchev–Trinajstić information content (AvgIpc) is 2.61. The van der Waals surface area contributed by atoms with Gasteiger partial charge in [0.2, 0.25) is 0 Å². The lowest BCUT2D eigenvalue weighted by atomic mass is 10.1. The first-order valence-electron chi connectivity index (χ1n) is 6.96. The maximum Gasteiger partial charge on any atom is 0.173 e. The maximum absolute atomic E-state index is 5.54. The van der Waals surface area contributed by atoms with Crippen molar-refractivity contribution in [1.29, 1.82) is 0 Å². The summed E-state index contributed by atoms with van der Waals surface area (Å²) in [7, 11) is 0. The number of para-hydroxylation sites is 1. The maximum atomic E-state index is 5.54. The van der Waals surface area contributed by atoms with E-state index >= 15 is 0 Å². The number of thiocarbonyl (C=S) groups is 1. The summed E-state index contributed by atoms with van der Waals surface area (Å²) in [5.74, 6) is 0. The summed E-state index contributed by atoms with van der Waals surface area (Å²) >= 11 is 5.54. The van der Waals surface area contributed by atoms with Gasteiger partial charge in [0.05, 0.1) is 0 Å². The molecule has 3 heteroatoms. The standard InChI is InChI=1S/C15H22N2S/c1-2-3-11-16-15(18)17-12-7-6-9-13-8-4-5-10-14(13)17/h4-5,8,10H,2-3,6-7,9,11-12H2,1H3,(H,16,18). The molecule has 0 radical (unpaired) electrons. The Morgan fingerprint density at radius 2 is 2.17 bits per heavy atom. The van der Waals surface area contributed by atoms with Crippen molar-refractivity contribution in [2.75, 3.05) is 18.0 Å². The van der Waals surface area contributed by atoms with Crippen LogP contribution in [0.2, 0.25) is 0 Å². The Labute approximate surface area is 115 Å². The Balaban J connectivity index is 2.09. The lowest BCUT2D eigenvalue weighted by Gasteiger charge is -2.26. The molecule has 0 amide bonds. The molecule has 0 bridgehead atoms. The van der Waals surface area contributed by atoms with Gasteiger partial charge >= 0.3 is 0 Å². The monoisotopic (exact) mass is 262 g/mol. The van der Waals surface area contributed by atoms with Crippen LogP contribution >= 0.6 is 12.2 Å². The number of nitrogens with zero attached hydrogens (tertiary/aromatic N) is 1. The van der Waals surface area contributed by atoms with Crippen LogP contribution in [-0.2, 0) is 6.42 Å². The Kier molecular flexibility index (Phi) is 5.00. The van der Waals surface area contributed by atoms with Gasteiger partial charge < -0.3 is 10.2 Å². The molecule has 1 aromatic carbocycles. The van der Waals surface area contributed by atoms with Gasteiger partial charge in [0.15, 0.2) is 5.11 Å². The molecule has 1 N–H and O–H groups in total. The van der Waals surface area contributed by atoms with Crippen molar-refractivity contribution in [3.05, 3.63) is 29.8 Å². The molecule has 1 aromatic rings. The van der Waals surface area contributed by atoms with Crippen LogP contribution in [0.5, 0.6) is 0 Å². The molecule has 0 saturated heterocycles. The lowest BCUT2D eigenvalue weighted by molar-refractivity contribution is 0.736. The Morgan fingerprint density at radius 3 is 3.00 bits per heavy atom. The molecule has 98 valence electrons. The van der Waals surface area contributed by atoms with E-state index in [4.69, 9.17) is 12.2 Å². The largest absolute Gasteiger partial charge is 0.362 e. The summed E-state index contributed by atoms with van der Waals surface area (Å²) in [6.45, 7) is 4.22. The zero-order valence-electron chi connectivity index (χ0n) is 11.1. The highest BCUT2D eigenvalue weighted by Crippen LogP contribution is 2.26. The van der Waals surface area contributed by atoms with Crippen LogP contribution in [0.3, 0.4) is 0 Å². The van der Waals surface area contributed by atoms with Crippen LogP contribution in [0, 0.1) is 0 Å². The number of anilines is 1. The van der Waals surface area contributed by atoms with Gasteiger partial charge in [0.1, 0.15) is 0 Å². The van der Waals surface area contributed by atoms with Gasteiger partial charge in [0, 0.05) is 18.8 Å². The number of benzene rings is 1. The van der Waals surface area contributed by atoms with Crippen molar-refractivity contribution in [1.82, 2.24) is 5.32 Å². The second-order valence-electron chi connectivity index (χ2n) is 4.82. The second kappa shape index (κ2) is 6.74. The summed E-state index contributed by atoms with van der Waals surface area (Å²) in [6.07, 6.45) is 6.02. The molecule has 1 aliphatic rings. The normalized spacial score (nSPS) is 14.8. The van der Waals surface area contributed by atoms with Crippen LogP contribution in [0.15, 0.2) is 24.3 Å². The topological polar surface area (TPSA) is 15.3 Å². The predicted octanol–water partition coefficient (Wildman–Crippen LogP) is 3.50. The van der Waals surface area contributed by atoms with Crippen molar-refractivity contribution in [3.8, 4) is 0 Å². The van der Waals surface area contributed by atoms with Crippen molar-refractivity contribution in [2.24, 2.45) is 0 Å². The third-order valence-corrected chi connectivity index (χ3v) is 3.78. The summed E-state index contributed by atoms with van der Waals surface area (Å²) < 4.78 is 0. The third-order valence-electron chi connectivity index (χ3n) is 3.41. The SMILES string of the molecule is CCCCNC(=S)N1CCCCc2ccccc21. The van der Waals surface area contributed by atoms with E-state index in [-0.39, 0.29) is 0 Å². The first-order valence-corrected chi connectivity index (χ1v) is 7.37. The fourth-order valence-electron chi connectivity index (χ4n) is 2.37. The fourth-order valence-corrected chi connectivity index (χ4v) is 2.66. The Bertz CT molecular complexity index is 403. The minimum atomic E-state index is 0.887. The Morgan fingerprint density at radius 1 is 1.33 bits per heavy atom. The molecule has 0 spiro atoms. The first-order chi connectivity index (χ1) is 8.83. The molecule has 2 rings (SSSR count). The molecule has 0 aromatic heterocycles. The highest BCUT2D eigenvalue weighted by atomic mass is 32.1. The predicted molar refractivity (Wildman–Crippen MR) is 82.2 cm³/mol. The number of rotatable bonds is 3. The van der Waals surface area contributed by atoms with Crippen LogP contribution < -0.4 is 10.2 Å². The van der Waals surface area contributed by atoms with Gasteiger partial charge in [-0.1, -0.05) is 31.5 Å². The molecule has 0 unspecified atom stereocenters. The van der Waals surface area contributed by atoms with Gasteiger partial charge in [-0.3, -0.25) is 0 Å². The molecular formula is C15H22N2S. The van der Waals surface area contributed by atoms with Crippen molar-refractivity contribution >= 4 is 23.0 Å². The minimum absolute atomic E-state index is 0.887. The van der Waals surface area contributed by atoms with Crippen LogP contribution in [0.25, 0.3) is 0 Å². The highest BCUT2D eigenvalue weighted by Gasteiger charge is 2.17. The minimum Gasteiger partial charge on any atom is -0.362 e. The summed E-state index contributed by atoms with van der Waals surface area (Å²) in [6, 6.07) is 8.64. The van der Waals surface area contributed by atoms with E-state index in [1.807, 2.05) is 0 Å². The third kappa shape index (κ3) is 3.22. The van der Waals surface area contributed by atoms with Gasteiger partial charge in [-0.15, -0.1) is 0 Å². The van der Waals surface area contributed by atoms with Gasteiger partial charge in [-0.05, 0) is 49.5 Å². The van der Waals surface area contributed by atoms with Gasteiger partial charge in [0.25, 0.3) is 0 Å². The number of aryl methyl sites for hydroxylation is 1. The molecule has 0 atom stereocenters. The van der Waals surface area contributed by atoms with E-state index in [9.17, 15) is 0 Å². The fraction of sp³-hybridized carbons (Fsp3) is 0.533. The summed E-state index contributed by atoms with van der Waals surface area (Å²) in [5, 5.41) is 4.27. The summed E-state index contributed by atoms with van der Waals surface area (Å²) in [5.41, 5.74) is 2.72. The van der Waals surface area contributed by atoms with E-state index in [2.05, 4.69) is 41.4 Å². The zero-order chi connectivity index (χ0) is 12.8. The van der Waals surface area contributed by atoms with Gasteiger partial charge in [-0.2, -0.15) is 0 Å². The second-order valence-corrected chi connectivity index (χ2v) is 5.21. The molecule has 2 nitrogen and oxygen atoms in total. The number of unbranched alkanes of at least 4 members (excludes halogenated alkanes) is 1. The smallest absolute Gasteiger partial charge is 0.173 e. The number of hydrogen-bond acceptors (Lipinski definition) is 1. The van der Waals surface area contributed by atoms with Crippen molar-refractivity contribution in [3.63, 3.8) is 0 Å². The number of hydrogen-bond donors (Lipinski definition) is 1. The average molecular weight is 262 g/mol. The van der Waals surface area contributed by atoms with Crippen molar-refractivity contribution < 1.29 is 0 Å². The van der Waals surface area contributed by atoms with E-state index in [1.54, 1.807) is 0 Å².